The number of halogens is 1. The Balaban J connectivity index is 2.47. The summed E-state index contributed by atoms with van der Waals surface area (Å²) in [4.78, 5) is 0. The van der Waals surface area contributed by atoms with Gasteiger partial charge in [0.05, 0.1) is 6.61 Å². The van der Waals surface area contributed by atoms with Crippen molar-refractivity contribution in [1.82, 2.24) is 10.6 Å². The molecular formula is C13H21BrN2O. The smallest absolute Gasteiger partial charge is 0.123 e. The van der Waals surface area contributed by atoms with Crippen LogP contribution in [0.5, 0.6) is 5.75 Å². The van der Waals surface area contributed by atoms with Crippen LogP contribution in [-0.4, -0.2) is 26.7 Å². The molecule has 0 radical (unpaired) electrons. The summed E-state index contributed by atoms with van der Waals surface area (Å²) in [6, 6.07) is 6.13. The Morgan fingerprint density at radius 2 is 2.12 bits per heavy atom. The van der Waals surface area contributed by atoms with Crippen molar-refractivity contribution in [2.24, 2.45) is 0 Å². The van der Waals surface area contributed by atoms with E-state index in [4.69, 9.17) is 4.74 Å². The second kappa shape index (κ2) is 8.50. The molecule has 0 amide bonds. The summed E-state index contributed by atoms with van der Waals surface area (Å²) < 4.78 is 6.69. The molecule has 3 nitrogen and oxygen atoms in total. The summed E-state index contributed by atoms with van der Waals surface area (Å²) in [6.45, 7) is 5.61. The monoisotopic (exact) mass is 300 g/mol. The van der Waals surface area contributed by atoms with Crippen LogP contribution in [0.1, 0.15) is 18.9 Å². The molecule has 0 saturated carbocycles. The molecule has 1 aromatic carbocycles. The maximum absolute atomic E-state index is 5.60. The first-order valence-corrected chi connectivity index (χ1v) is 6.83. The van der Waals surface area contributed by atoms with Crippen molar-refractivity contribution >= 4 is 15.9 Å². The van der Waals surface area contributed by atoms with E-state index in [9.17, 15) is 0 Å². The van der Waals surface area contributed by atoms with E-state index in [1.54, 1.807) is 0 Å². The van der Waals surface area contributed by atoms with E-state index < -0.39 is 0 Å². The van der Waals surface area contributed by atoms with Crippen molar-refractivity contribution in [1.29, 1.82) is 0 Å². The van der Waals surface area contributed by atoms with Gasteiger partial charge in [0, 0.05) is 16.6 Å². The van der Waals surface area contributed by atoms with Crippen molar-refractivity contribution in [3.05, 3.63) is 28.2 Å². The van der Waals surface area contributed by atoms with Gasteiger partial charge in [-0.2, -0.15) is 0 Å². The van der Waals surface area contributed by atoms with E-state index in [1.165, 1.54) is 5.56 Å². The second-order valence-corrected chi connectivity index (χ2v) is 4.73. The van der Waals surface area contributed by atoms with Gasteiger partial charge in [-0.15, -0.1) is 0 Å². The minimum Gasteiger partial charge on any atom is -0.494 e. The molecule has 17 heavy (non-hydrogen) atoms. The molecule has 4 heteroatoms. The lowest BCUT2D eigenvalue weighted by Crippen LogP contribution is -2.19. The molecule has 0 bridgehead atoms. The van der Waals surface area contributed by atoms with Crippen LogP contribution in [0.15, 0.2) is 22.7 Å². The minimum atomic E-state index is 0.703. The van der Waals surface area contributed by atoms with E-state index in [0.29, 0.717) is 6.61 Å². The van der Waals surface area contributed by atoms with Gasteiger partial charge in [0.2, 0.25) is 0 Å². The molecule has 0 aliphatic heterocycles. The van der Waals surface area contributed by atoms with Crippen molar-refractivity contribution in [2.45, 2.75) is 19.9 Å². The summed E-state index contributed by atoms with van der Waals surface area (Å²) in [5.74, 6) is 0.969. The van der Waals surface area contributed by atoms with Gasteiger partial charge < -0.3 is 15.4 Å². The number of nitrogens with one attached hydrogen (secondary N) is 2. The first-order valence-electron chi connectivity index (χ1n) is 6.04. The summed E-state index contributed by atoms with van der Waals surface area (Å²) in [5, 5.41) is 6.56. The zero-order valence-corrected chi connectivity index (χ0v) is 12.1. The normalized spacial score (nSPS) is 10.5. The molecule has 0 atom stereocenters. The SMILES string of the molecule is CCOc1ccc(Br)cc1CNCCCNC. The lowest BCUT2D eigenvalue weighted by atomic mass is 10.2. The van der Waals surface area contributed by atoms with Gasteiger partial charge in [0.15, 0.2) is 0 Å². The van der Waals surface area contributed by atoms with Crippen molar-refractivity contribution < 1.29 is 4.74 Å². The number of ether oxygens (including phenoxy) is 1. The molecule has 1 aromatic rings. The Hall–Kier alpha value is -0.580. The highest BCUT2D eigenvalue weighted by atomic mass is 79.9. The van der Waals surface area contributed by atoms with Crippen LogP contribution in [0, 0.1) is 0 Å². The van der Waals surface area contributed by atoms with Gasteiger partial charge >= 0.3 is 0 Å². The van der Waals surface area contributed by atoms with Crippen LogP contribution in [0.2, 0.25) is 0 Å². The molecule has 96 valence electrons. The van der Waals surface area contributed by atoms with E-state index in [0.717, 1.165) is 36.3 Å². The van der Waals surface area contributed by atoms with Gasteiger partial charge in [-0.3, -0.25) is 0 Å². The first-order chi connectivity index (χ1) is 8.27. The fraction of sp³-hybridized carbons (Fsp3) is 0.538. The average molecular weight is 301 g/mol. The standard InChI is InChI=1S/C13H21BrN2O/c1-3-17-13-6-5-12(14)9-11(13)10-16-8-4-7-15-2/h5-6,9,15-16H,3-4,7-8,10H2,1-2H3. The Bertz CT molecular complexity index is 331. The predicted molar refractivity (Wildman–Crippen MR) is 75.6 cm³/mol. The van der Waals surface area contributed by atoms with E-state index in [-0.39, 0.29) is 0 Å². The second-order valence-electron chi connectivity index (χ2n) is 3.82. The maximum Gasteiger partial charge on any atom is 0.123 e. The van der Waals surface area contributed by atoms with Gasteiger partial charge in [-0.1, -0.05) is 15.9 Å². The van der Waals surface area contributed by atoms with E-state index >= 15 is 0 Å². The third-order valence-electron chi connectivity index (χ3n) is 2.42. The molecule has 2 N–H and O–H groups in total. The molecule has 0 heterocycles. The molecule has 0 saturated heterocycles. The molecule has 0 aromatic heterocycles. The number of hydrogen-bond donors (Lipinski definition) is 2. The van der Waals surface area contributed by atoms with Gasteiger partial charge in [0.1, 0.15) is 5.75 Å². The number of rotatable bonds is 8. The number of benzene rings is 1. The lowest BCUT2D eigenvalue weighted by molar-refractivity contribution is 0.335. The fourth-order valence-electron chi connectivity index (χ4n) is 1.60. The highest BCUT2D eigenvalue weighted by Gasteiger charge is 2.03. The molecule has 0 aliphatic carbocycles. The molecule has 0 aliphatic rings. The van der Waals surface area contributed by atoms with Crippen LogP contribution >= 0.6 is 15.9 Å². The molecule has 0 spiro atoms. The molecular weight excluding hydrogens is 280 g/mol. The Morgan fingerprint density at radius 3 is 2.82 bits per heavy atom. The summed E-state index contributed by atoms with van der Waals surface area (Å²) in [7, 11) is 1.97. The maximum atomic E-state index is 5.60. The number of hydrogen-bond acceptors (Lipinski definition) is 3. The van der Waals surface area contributed by atoms with Crippen LogP contribution in [0.25, 0.3) is 0 Å². The van der Waals surface area contributed by atoms with Crippen molar-refractivity contribution in [3.63, 3.8) is 0 Å². The predicted octanol–water partition coefficient (Wildman–Crippen LogP) is 2.55. The van der Waals surface area contributed by atoms with Crippen LogP contribution < -0.4 is 15.4 Å². The van der Waals surface area contributed by atoms with Crippen molar-refractivity contribution in [3.8, 4) is 5.75 Å². The average Bonchev–Trinajstić information content (AvgIpc) is 2.32. The molecule has 0 fully saturated rings. The highest BCUT2D eigenvalue weighted by molar-refractivity contribution is 9.10. The minimum absolute atomic E-state index is 0.703. The topological polar surface area (TPSA) is 33.3 Å². The van der Waals surface area contributed by atoms with E-state index in [1.807, 2.05) is 26.1 Å². The Kier molecular flexibility index (Phi) is 7.24. The zero-order valence-electron chi connectivity index (χ0n) is 10.6. The van der Waals surface area contributed by atoms with Gasteiger partial charge in [0.25, 0.3) is 0 Å². The summed E-state index contributed by atoms with van der Waals surface area (Å²) in [6.07, 6.45) is 1.13. The van der Waals surface area contributed by atoms with Crippen LogP contribution in [-0.2, 0) is 6.54 Å². The van der Waals surface area contributed by atoms with Gasteiger partial charge in [-0.25, -0.2) is 0 Å². The zero-order chi connectivity index (χ0) is 12.5. The largest absolute Gasteiger partial charge is 0.494 e. The third kappa shape index (κ3) is 5.52. The molecule has 0 unspecified atom stereocenters. The van der Waals surface area contributed by atoms with Crippen LogP contribution in [0.4, 0.5) is 0 Å². The lowest BCUT2D eigenvalue weighted by Gasteiger charge is -2.11. The highest BCUT2D eigenvalue weighted by Crippen LogP contribution is 2.23. The third-order valence-corrected chi connectivity index (χ3v) is 2.91. The fourth-order valence-corrected chi connectivity index (χ4v) is 2.00. The van der Waals surface area contributed by atoms with Crippen LogP contribution in [0.3, 0.4) is 0 Å². The summed E-state index contributed by atoms with van der Waals surface area (Å²) in [5.41, 5.74) is 1.20. The Labute approximate surface area is 112 Å². The summed E-state index contributed by atoms with van der Waals surface area (Å²) >= 11 is 3.49. The first kappa shape index (κ1) is 14.5. The molecule has 1 rings (SSSR count). The van der Waals surface area contributed by atoms with E-state index in [2.05, 4.69) is 32.6 Å². The van der Waals surface area contributed by atoms with Gasteiger partial charge in [-0.05, 0) is 51.7 Å². The van der Waals surface area contributed by atoms with Crippen molar-refractivity contribution in [2.75, 3.05) is 26.7 Å². The quantitative estimate of drug-likeness (QED) is 0.724. The Morgan fingerprint density at radius 1 is 1.29 bits per heavy atom.